The van der Waals surface area contributed by atoms with E-state index in [4.69, 9.17) is 9.47 Å². The van der Waals surface area contributed by atoms with Gasteiger partial charge >= 0.3 is 0 Å². The van der Waals surface area contributed by atoms with E-state index in [0.717, 1.165) is 35.5 Å². The Morgan fingerprint density at radius 3 is 2.77 bits per heavy atom. The van der Waals surface area contributed by atoms with Gasteiger partial charge < -0.3 is 19.5 Å². The number of benzene rings is 2. The molecule has 1 atom stereocenters. The van der Waals surface area contributed by atoms with Crippen LogP contribution in [-0.2, 0) is 6.54 Å². The normalized spacial score (nSPS) is 22.2. The molecule has 2 N–H and O–H groups in total. The van der Waals surface area contributed by atoms with Crippen LogP contribution in [0.1, 0.15) is 47.7 Å². The smallest absolute Gasteiger partial charge is 0.231 e. The number of aromatic hydroxyl groups is 1. The van der Waals surface area contributed by atoms with Crippen LogP contribution in [0.4, 0.5) is 0 Å². The lowest BCUT2D eigenvalue weighted by atomic mass is 10.00. The number of phenolic OH excluding ortho intramolecular Hbond substituents is 1. The first-order valence-electron chi connectivity index (χ1n) is 10.7. The third kappa shape index (κ3) is 3.39. The van der Waals surface area contributed by atoms with Crippen molar-refractivity contribution in [3.8, 4) is 17.2 Å². The van der Waals surface area contributed by atoms with Crippen LogP contribution >= 0.6 is 0 Å². The van der Waals surface area contributed by atoms with E-state index in [2.05, 4.69) is 0 Å². The third-order valence-corrected chi connectivity index (χ3v) is 6.22. The minimum atomic E-state index is -0.182. The molecule has 5 heteroatoms. The Bertz CT molecular complexity index is 1060. The number of piperidine rings is 1. The number of Topliss-reactive ketones (excluding diaryl/α,β-unsaturated/α-hetero) is 1. The molecule has 3 aliphatic rings. The number of nitrogens with one attached hydrogen (secondary N) is 1. The molecule has 5 nitrogen and oxygen atoms in total. The molecule has 1 fully saturated rings. The highest BCUT2D eigenvalue weighted by Gasteiger charge is 2.33. The van der Waals surface area contributed by atoms with Crippen LogP contribution in [0.15, 0.2) is 53.8 Å². The highest BCUT2D eigenvalue weighted by Crippen LogP contribution is 2.40. The molecule has 0 aliphatic carbocycles. The summed E-state index contributed by atoms with van der Waals surface area (Å²) >= 11 is 0. The summed E-state index contributed by atoms with van der Waals surface area (Å²) in [7, 11) is 0. The zero-order valence-electron chi connectivity index (χ0n) is 17.1. The summed E-state index contributed by atoms with van der Waals surface area (Å²) < 4.78 is 12.0. The summed E-state index contributed by atoms with van der Waals surface area (Å²) in [5.74, 6) is 1.68. The topological polar surface area (TPSA) is 60.2 Å². The maximum absolute atomic E-state index is 13.0. The fourth-order valence-corrected chi connectivity index (χ4v) is 4.52. The van der Waals surface area contributed by atoms with Crippen molar-refractivity contribution in [3.63, 3.8) is 0 Å². The molecule has 1 saturated heterocycles. The molecule has 0 unspecified atom stereocenters. The SMILES string of the molecule is C[C@@H]1Oc2ccccc2C=C1/C=C1\Oc2c(ccc(O)c2C[NH+]2CCCCC2)C1=O. The van der Waals surface area contributed by atoms with E-state index in [1.165, 1.54) is 24.2 Å². The molecule has 3 aliphatic heterocycles. The number of phenols is 1. The summed E-state index contributed by atoms with van der Waals surface area (Å²) in [6, 6.07) is 11.1. The highest BCUT2D eigenvalue weighted by atomic mass is 16.5. The first-order valence-corrected chi connectivity index (χ1v) is 10.7. The van der Waals surface area contributed by atoms with E-state index in [0.29, 0.717) is 17.9 Å². The third-order valence-electron chi connectivity index (χ3n) is 6.22. The van der Waals surface area contributed by atoms with Crippen LogP contribution in [-0.4, -0.2) is 30.1 Å². The fraction of sp³-hybridized carbons (Fsp3) is 0.320. The van der Waals surface area contributed by atoms with E-state index in [9.17, 15) is 9.90 Å². The average Bonchev–Trinajstić information content (AvgIpc) is 3.07. The number of allylic oxidation sites excluding steroid dienone is 1. The summed E-state index contributed by atoms with van der Waals surface area (Å²) in [6.45, 7) is 4.80. The summed E-state index contributed by atoms with van der Waals surface area (Å²) in [5.41, 5.74) is 3.12. The predicted octanol–water partition coefficient (Wildman–Crippen LogP) is 3.28. The van der Waals surface area contributed by atoms with Crippen LogP contribution in [0, 0.1) is 0 Å². The van der Waals surface area contributed by atoms with Crippen LogP contribution < -0.4 is 14.4 Å². The van der Waals surface area contributed by atoms with Gasteiger partial charge in [-0.3, -0.25) is 4.79 Å². The molecule has 0 bridgehead atoms. The highest BCUT2D eigenvalue weighted by molar-refractivity contribution is 6.13. The summed E-state index contributed by atoms with van der Waals surface area (Å²) in [4.78, 5) is 14.5. The summed E-state index contributed by atoms with van der Waals surface area (Å²) in [6.07, 6.45) is 7.29. The molecule has 3 heterocycles. The number of carbonyl (C=O) groups is 1. The van der Waals surface area contributed by atoms with Gasteiger partial charge in [-0.25, -0.2) is 0 Å². The van der Waals surface area contributed by atoms with Crippen molar-refractivity contribution in [2.45, 2.75) is 38.8 Å². The Morgan fingerprint density at radius 1 is 1.13 bits per heavy atom. The number of para-hydroxylation sites is 1. The number of ether oxygens (including phenoxy) is 2. The van der Waals surface area contributed by atoms with Gasteiger partial charge in [-0.2, -0.15) is 0 Å². The van der Waals surface area contributed by atoms with Crippen molar-refractivity contribution in [3.05, 3.63) is 70.5 Å². The Kier molecular flexibility index (Phi) is 4.83. The number of ketones is 1. The van der Waals surface area contributed by atoms with Crippen molar-refractivity contribution in [2.24, 2.45) is 0 Å². The number of rotatable bonds is 3. The number of hydrogen-bond acceptors (Lipinski definition) is 4. The molecule has 0 spiro atoms. The van der Waals surface area contributed by atoms with E-state index in [-0.39, 0.29) is 23.4 Å². The van der Waals surface area contributed by atoms with Gasteiger partial charge in [0.25, 0.3) is 0 Å². The number of likely N-dealkylation sites (tertiary alicyclic amines) is 1. The number of hydrogen-bond donors (Lipinski definition) is 2. The molecule has 2 aromatic rings. The zero-order chi connectivity index (χ0) is 20.7. The van der Waals surface area contributed by atoms with Gasteiger partial charge in [0, 0.05) is 5.56 Å². The minimum Gasteiger partial charge on any atom is -0.507 e. The van der Waals surface area contributed by atoms with Gasteiger partial charge in [-0.15, -0.1) is 0 Å². The lowest BCUT2D eigenvalue weighted by molar-refractivity contribution is -0.918. The molecule has 0 amide bonds. The second kappa shape index (κ2) is 7.65. The van der Waals surface area contributed by atoms with E-state index < -0.39 is 0 Å². The van der Waals surface area contributed by atoms with Crippen molar-refractivity contribution >= 4 is 11.9 Å². The lowest BCUT2D eigenvalue weighted by Gasteiger charge is -2.24. The molecular formula is C25H26NO4+. The van der Waals surface area contributed by atoms with Gasteiger partial charge in [0.2, 0.25) is 5.78 Å². The largest absolute Gasteiger partial charge is 0.507 e. The van der Waals surface area contributed by atoms with Gasteiger partial charge in [-0.05, 0) is 62.1 Å². The van der Waals surface area contributed by atoms with Crippen molar-refractivity contribution < 1.29 is 24.3 Å². The standard InChI is InChI=1S/C25H25NO4/c1-16-18(13-17-7-3-4-8-22(17)29-16)14-23-24(28)19-9-10-21(27)20(25(19)30-23)15-26-11-5-2-6-12-26/h3-4,7-10,13-14,16,27H,2,5-6,11-12,15H2,1H3/p+1/b23-14-/t16-/m0/s1. The molecule has 2 aromatic carbocycles. The monoisotopic (exact) mass is 404 g/mol. The second-order valence-electron chi connectivity index (χ2n) is 8.31. The van der Waals surface area contributed by atoms with Crippen LogP contribution in [0.5, 0.6) is 17.2 Å². The fourth-order valence-electron chi connectivity index (χ4n) is 4.52. The van der Waals surface area contributed by atoms with Gasteiger partial charge in [0.15, 0.2) is 11.5 Å². The molecule has 154 valence electrons. The number of fused-ring (bicyclic) bond motifs is 2. The Morgan fingerprint density at radius 2 is 1.93 bits per heavy atom. The zero-order valence-corrected chi connectivity index (χ0v) is 17.1. The quantitative estimate of drug-likeness (QED) is 0.771. The molecule has 30 heavy (non-hydrogen) atoms. The van der Waals surface area contributed by atoms with Crippen molar-refractivity contribution in [1.82, 2.24) is 0 Å². The predicted molar refractivity (Wildman–Crippen MR) is 114 cm³/mol. The lowest BCUT2D eigenvalue weighted by Crippen LogP contribution is -3.11. The first-order chi connectivity index (χ1) is 14.6. The first kappa shape index (κ1) is 18.9. The van der Waals surface area contributed by atoms with Gasteiger partial charge in [-0.1, -0.05) is 18.2 Å². The molecule has 0 saturated carbocycles. The van der Waals surface area contributed by atoms with E-state index in [1.807, 2.05) is 37.3 Å². The van der Waals surface area contributed by atoms with Crippen LogP contribution in [0.25, 0.3) is 6.08 Å². The summed E-state index contributed by atoms with van der Waals surface area (Å²) in [5, 5.41) is 10.5. The maximum atomic E-state index is 13.0. The second-order valence-corrected chi connectivity index (χ2v) is 8.31. The Hall–Kier alpha value is -3.05. The van der Waals surface area contributed by atoms with Crippen LogP contribution in [0.2, 0.25) is 0 Å². The van der Waals surface area contributed by atoms with Gasteiger partial charge in [0.05, 0.1) is 24.2 Å². The maximum Gasteiger partial charge on any atom is 0.231 e. The van der Waals surface area contributed by atoms with Crippen molar-refractivity contribution in [1.29, 1.82) is 0 Å². The van der Waals surface area contributed by atoms with Crippen molar-refractivity contribution in [2.75, 3.05) is 13.1 Å². The Balaban J connectivity index is 1.46. The van der Waals surface area contributed by atoms with E-state index in [1.54, 1.807) is 18.2 Å². The number of carbonyl (C=O) groups excluding carboxylic acids is 1. The molecule has 0 aromatic heterocycles. The van der Waals surface area contributed by atoms with Crippen LogP contribution in [0.3, 0.4) is 0 Å². The Labute approximate surface area is 176 Å². The van der Waals surface area contributed by atoms with E-state index >= 15 is 0 Å². The van der Waals surface area contributed by atoms with Gasteiger partial charge in [0.1, 0.15) is 24.1 Å². The molecule has 5 rings (SSSR count). The molecular weight excluding hydrogens is 378 g/mol. The number of quaternary nitrogens is 1. The molecule has 0 radical (unpaired) electrons. The average molecular weight is 404 g/mol. The minimum absolute atomic E-state index is 0.146.